The normalized spacial score (nSPS) is 22.0. The molecular formula is C16H20BrN3. The predicted molar refractivity (Wildman–Crippen MR) is 84.2 cm³/mol. The third kappa shape index (κ3) is 2.41. The van der Waals surface area contributed by atoms with Crippen molar-refractivity contribution in [2.45, 2.75) is 49.9 Å². The van der Waals surface area contributed by atoms with Crippen LogP contribution in [0.1, 0.15) is 56.2 Å². The average Bonchev–Trinajstić information content (AvgIpc) is 3.09. The van der Waals surface area contributed by atoms with Gasteiger partial charge in [0.05, 0.1) is 5.33 Å². The van der Waals surface area contributed by atoms with E-state index in [2.05, 4.69) is 81.8 Å². The van der Waals surface area contributed by atoms with Crippen LogP contribution >= 0.6 is 15.9 Å². The quantitative estimate of drug-likeness (QED) is 0.788. The molecular weight excluding hydrogens is 314 g/mol. The van der Waals surface area contributed by atoms with E-state index in [4.69, 9.17) is 0 Å². The van der Waals surface area contributed by atoms with Gasteiger partial charge in [-0.15, -0.1) is 10.2 Å². The minimum atomic E-state index is 0.0196. The minimum absolute atomic E-state index is 0.0196. The van der Waals surface area contributed by atoms with Crippen LogP contribution < -0.4 is 0 Å². The molecule has 1 saturated carbocycles. The highest BCUT2D eigenvalue weighted by atomic mass is 79.9. The number of aromatic nitrogens is 3. The zero-order valence-electron chi connectivity index (χ0n) is 12.2. The van der Waals surface area contributed by atoms with Gasteiger partial charge in [-0.1, -0.05) is 46.3 Å². The number of alkyl halides is 1. The van der Waals surface area contributed by atoms with E-state index in [1.54, 1.807) is 0 Å². The van der Waals surface area contributed by atoms with E-state index in [-0.39, 0.29) is 5.54 Å². The Kier molecular flexibility index (Phi) is 3.44. The highest BCUT2D eigenvalue weighted by Crippen LogP contribution is 2.54. The first-order valence-corrected chi connectivity index (χ1v) is 8.20. The topological polar surface area (TPSA) is 30.7 Å². The van der Waals surface area contributed by atoms with E-state index in [1.807, 2.05) is 0 Å². The predicted octanol–water partition coefficient (Wildman–Crippen LogP) is 4.20. The Labute approximate surface area is 128 Å². The van der Waals surface area contributed by atoms with Crippen LogP contribution in [0.15, 0.2) is 30.3 Å². The first-order valence-electron chi connectivity index (χ1n) is 7.08. The lowest BCUT2D eigenvalue weighted by Gasteiger charge is -2.24. The maximum absolute atomic E-state index is 4.47. The molecule has 1 aliphatic carbocycles. The first-order chi connectivity index (χ1) is 9.52. The van der Waals surface area contributed by atoms with E-state index in [0.29, 0.717) is 11.8 Å². The summed E-state index contributed by atoms with van der Waals surface area (Å²) in [5.74, 6) is 3.27. The molecule has 1 aromatic carbocycles. The van der Waals surface area contributed by atoms with Gasteiger partial charge in [0.1, 0.15) is 11.6 Å². The van der Waals surface area contributed by atoms with Gasteiger partial charge in [0, 0.05) is 11.5 Å². The van der Waals surface area contributed by atoms with Crippen LogP contribution in [0.4, 0.5) is 0 Å². The molecule has 0 saturated heterocycles. The maximum atomic E-state index is 4.47. The van der Waals surface area contributed by atoms with Gasteiger partial charge in [-0.05, 0) is 38.7 Å². The number of rotatable bonds is 3. The third-order valence-electron chi connectivity index (χ3n) is 3.90. The van der Waals surface area contributed by atoms with Crippen molar-refractivity contribution in [3.8, 4) is 0 Å². The molecule has 1 heterocycles. The number of hydrogen-bond donors (Lipinski definition) is 0. The number of hydrogen-bond acceptors (Lipinski definition) is 2. The maximum Gasteiger partial charge on any atom is 0.144 e. The lowest BCUT2D eigenvalue weighted by molar-refractivity contribution is 0.373. The SMILES string of the molecule is CC(C)(C)n1c(CBr)nnc1C1CC1c1ccccc1. The van der Waals surface area contributed by atoms with Crippen LogP contribution in [0.2, 0.25) is 0 Å². The lowest BCUT2D eigenvalue weighted by Crippen LogP contribution is -2.26. The summed E-state index contributed by atoms with van der Waals surface area (Å²) in [6.45, 7) is 6.64. The fraction of sp³-hybridized carbons (Fsp3) is 0.500. The third-order valence-corrected chi connectivity index (χ3v) is 4.40. The Balaban J connectivity index is 1.92. The number of halogens is 1. The molecule has 0 bridgehead atoms. The molecule has 0 amide bonds. The van der Waals surface area contributed by atoms with E-state index in [0.717, 1.165) is 17.0 Å². The molecule has 0 aliphatic heterocycles. The second kappa shape index (κ2) is 4.99. The summed E-state index contributed by atoms with van der Waals surface area (Å²) < 4.78 is 2.30. The summed E-state index contributed by atoms with van der Waals surface area (Å²) in [5, 5.41) is 9.58. The second-order valence-electron chi connectivity index (χ2n) is 6.47. The molecule has 2 aromatic rings. The van der Waals surface area contributed by atoms with Crippen molar-refractivity contribution in [3.05, 3.63) is 47.5 Å². The Morgan fingerprint density at radius 3 is 2.45 bits per heavy atom. The second-order valence-corrected chi connectivity index (χ2v) is 7.03. The van der Waals surface area contributed by atoms with Crippen LogP contribution in [0.5, 0.6) is 0 Å². The summed E-state index contributed by atoms with van der Waals surface area (Å²) in [6, 6.07) is 10.7. The van der Waals surface area contributed by atoms with Crippen molar-refractivity contribution < 1.29 is 0 Å². The molecule has 0 spiro atoms. The molecule has 0 radical (unpaired) electrons. The van der Waals surface area contributed by atoms with Crippen LogP contribution in [0.25, 0.3) is 0 Å². The fourth-order valence-electron chi connectivity index (χ4n) is 2.94. The van der Waals surface area contributed by atoms with Crippen molar-refractivity contribution in [1.82, 2.24) is 14.8 Å². The molecule has 20 heavy (non-hydrogen) atoms. The van der Waals surface area contributed by atoms with Crippen molar-refractivity contribution in [2.24, 2.45) is 0 Å². The molecule has 106 valence electrons. The molecule has 2 atom stereocenters. The van der Waals surface area contributed by atoms with Crippen molar-refractivity contribution in [1.29, 1.82) is 0 Å². The molecule has 3 rings (SSSR count). The van der Waals surface area contributed by atoms with Crippen LogP contribution in [0, 0.1) is 0 Å². The zero-order chi connectivity index (χ0) is 14.3. The summed E-state index contributed by atoms with van der Waals surface area (Å²) >= 11 is 3.52. The highest BCUT2D eigenvalue weighted by Gasteiger charge is 2.44. The van der Waals surface area contributed by atoms with Gasteiger partial charge in [0.2, 0.25) is 0 Å². The average molecular weight is 334 g/mol. The molecule has 1 fully saturated rings. The number of benzene rings is 1. The Bertz CT molecular complexity index is 598. The Morgan fingerprint density at radius 1 is 1.15 bits per heavy atom. The van der Waals surface area contributed by atoms with Gasteiger partial charge in [-0.2, -0.15) is 0 Å². The highest BCUT2D eigenvalue weighted by molar-refractivity contribution is 9.08. The van der Waals surface area contributed by atoms with E-state index >= 15 is 0 Å². The standard InChI is InChI=1S/C16H20BrN3/c1-16(2,3)20-14(10-17)18-19-15(20)13-9-12(13)11-7-5-4-6-8-11/h4-8,12-13H,9-10H2,1-3H3. The van der Waals surface area contributed by atoms with E-state index < -0.39 is 0 Å². The van der Waals surface area contributed by atoms with Gasteiger partial charge in [0.15, 0.2) is 0 Å². The molecule has 0 N–H and O–H groups in total. The largest absolute Gasteiger partial charge is 0.309 e. The van der Waals surface area contributed by atoms with Crippen molar-refractivity contribution in [3.63, 3.8) is 0 Å². The van der Waals surface area contributed by atoms with Crippen LogP contribution in [0.3, 0.4) is 0 Å². The van der Waals surface area contributed by atoms with Gasteiger partial charge in [-0.3, -0.25) is 0 Å². The molecule has 4 heteroatoms. The molecule has 1 aliphatic rings. The van der Waals surface area contributed by atoms with E-state index in [9.17, 15) is 0 Å². The summed E-state index contributed by atoms with van der Waals surface area (Å²) in [7, 11) is 0. The summed E-state index contributed by atoms with van der Waals surface area (Å²) in [5.41, 5.74) is 1.44. The van der Waals surface area contributed by atoms with Crippen molar-refractivity contribution in [2.75, 3.05) is 0 Å². The zero-order valence-corrected chi connectivity index (χ0v) is 13.8. The van der Waals surface area contributed by atoms with Gasteiger partial charge >= 0.3 is 0 Å². The van der Waals surface area contributed by atoms with Crippen LogP contribution in [-0.4, -0.2) is 14.8 Å². The van der Waals surface area contributed by atoms with Gasteiger partial charge in [0.25, 0.3) is 0 Å². The van der Waals surface area contributed by atoms with Gasteiger partial charge < -0.3 is 4.57 Å². The molecule has 2 unspecified atom stereocenters. The lowest BCUT2D eigenvalue weighted by atomic mass is 10.1. The summed E-state index contributed by atoms with van der Waals surface area (Å²) in [4.78, 5) is 0. The Morgan fingerprint density at radius 2 is 1.85 bits per heavy atom. The number of nitrogens with zero attached hydrogens (tertiary/aromatic N) is 3. The Hall–Kier alpha value is -1.16. The van der Waals surface area contributed by atoms with Crippen LogP contribution in [-0.2, 0) is 10.9 Å². The minimum Gasteiger partial charge on any atom is -0.309 e. The summed E-state index contributed by atoms with van der Waals surface area (Å²) in [6.07, 6.45) is 1.18. The smallest absolute Gasteiger partial charge is 0.144 e. The molecule has 1 aromatic heterocycles. The first kappa shape index (κ1) is 13.8. The molecule has 3 nitrogen and oxygen atoms in total. The van der Waals surface area contributed by atoms with Crippen molar-refractivity contribution >= 4 is 15.9 Å². The monoisotopic (exact) mass is 333 g/mol. The van der Waals surface area contributed by atoms with E-state index in [1.165, 1.54) is 12.0 Å². The fourth-order valence-corrected chi connectivity index (χ4v) is 3.30. The van der Waals surface area contributed by atoms with Gasteiger partial charge in [-0.25, -0.2) is 0 Å².